The molecule has 0 aliphatic heterocycles. The van der Waals surface area contributed by atoms with Crippen LogP contribution in [-0.2, 0) is 10.8 Å². The van der Waals surface area contributed by atoms with Crippen molar-refractivity contribution in [2.45, 2.75) is 52.4 Å². The molecule has 1 aromatic rings. The van der Waals surface area contributed by atoms with E-state index in [9.17, 15) is 5.11 Å². The molecule has 0 bridgehead atoms. The summed E-state index contributed by atoms with van der Waals surface area (Å²) in [7, 11) is 0. The molecular weight excluding hydrogens is 191 g/mol. The van der Waals surface area contributed by atoms with Crippen LogP contribution in [0.3, 0.4) is 0 Å². The third-order valence-electron chi connectivity index (χ3n) is 2.64. The molecule has 0 N–H and O–H groups in total. The van der Waals surface area contributed by atoms with E-state index in [1.807, 2.05) is 0 Å². The normalized spacial score (nSPS) is 12.1. The Hall–Kier alpha value is -0.383. The van der Waals surface area contributed by atoms with Crippen LogP contribution >= 0.6 is 0 Å². The second-order valence-electron chi connectivity index (χ2n) is 6.25. The molecule has 2 heteroatoms. The van der Waals surface area contributed by atoms with Gasteiger partial charge in [0.05, 0.1) is 0 Å². The van der Waals surface area contributed by atoms with Crippen molar-refractivity contribution in [3.05, 3.63) is 29.3 Å². The SMILES string of the molecule is CC(C)(C)c1cc([O-])cc(C(C)(C)C)c1.[Li+]. The fourth-order valence-electron chi connectivity index (χ4n) is 1.47. The molecule has 0 saturated heterocycles. The number of rotatable bonds is 0. The van der Waals surface area contributed by atoms with E-state index in [2.05, 4.69) is 47.6 Å². The number of hydrogen-bond acceptors (Lipinski definition) is 1. The molecule has 1 nitrogen and oxygen atoms in total. The first kappa shape index (κ1) is 15.6. The topological polar surface area (TPSA) is 23.1 Å². The average Bonchev–Trinajstić information content (AvgIpc) is 1.99. The van der Waals surface area contributed by atoms with Gasteiger partial charge in [0, 0.05) is 0 Å². The quantitative estimate of drug-likeness (QED) is 0.569. The standard InChI is InChI=1S/C14H22O.Li/c1-13(2,3)10-7-11(14(4,5)6)9-12(15)8-10;/h7-9,15H,1-6H3;/q;+1/p-1. The van der Waals surface area contributed by atoms with E-state index in [0.717, 1.165) is 11.1 Å². The third kappa shape index (κ3) is 3.89. The van der Waals surface area contributed by atoms with Gasteiger partial charge in [-0.2, -0.15) is 0 Å². The molecule has 0 aliphatic rings. The van der Waals surface area contributed by atoms with Gasteiger partial charge in [-0.1, -0.05) is 59.7 Å². The van der Waals surface area contributed by atoms with Crippen molar-refractivity contribution in [1.29, 1.82) is 0 Å². The predicted octanol–water partition coefficient (Wildman–Crippen LogP) is 0.359. The maximum Gasteiger partial charge on any atom is 1.00 e. The van der Waals surface area contributed by atoms with Gasteiger partial charge in [-0.15, -0.1) is 5.75 Å². The first-order valence-corrected chi connectivity index (χ1v) is 5.44. The summed E-state index contributed by atoms with van der Waals surface area (Å²) in [5.41, 5.74) is 2.33. The Labute approximate surface area is 111 Å². The van der Waals surface area contributed by atoms with E-state index in [1.165, 1.54) is 0 Å². The first-order chi connectivity index (χ1) is 6.60. The van der Waals surface area contributed by atoms with Crippen molar-refractivity contribution < 1.29 is 24.0 Å². The summed E-state index contributed by atoms with van der Waals surface area (Å²) in [6.07, 6.45) is 0. The van der Waals surface area contributed by atoms with Gasteiger partial charge >= 0.3 is 18.9 Å². The van der Waals surface area contributed by atoms with Crippen LogP contribution in [0.15, 0.2) is 18.2 Å². The second kappa shape index (κ2) is 4.86. The third-order valence-corrected chi connectivity index (χ3v) is 2.64. The summed E-state index contributed by atoms with van der Waals surface area (Å²) in [6.45, 7) is 12.8. The number of hydrogen-bond donors (Lipinski definition) is 0. The Morgan fingerprint density at radius 3 is 1.31 bits per heavy atom. The van der Waals surface area contributed by atoms with Crippen LogP contribution in [0, 0.1) is 0 Å². The Balaban J connectivity index is 0.00000225. The van der Waals surface area contributed by atoms with E-state index >= 15 is 0 Å². The van der Waals surface area contributed by atoms with E-state index in [1.54, 1.807) is 12.1 Å². The average molecular weight is 212 g/mol. The van der Waals surface area contributed by atoms with Crippen molar-refractivity contribution in [2.75, 3.05) is 0 Å². The smallest absolute Gasteiger partial charge is 0.872 e. The summed E-state index contributed by atoms with van der Waals surface area (Å²) >= 11 is 0. The molecule has 0 unspecified atom stereocenters. The van der Waals surface area contributed by atoms with Crippen LogP contribution in [0.4, 0.5) is 0 Å². The molecule has 0 fully saturated rings. The minimum atomic E-state index is 0. The fraction of sp³-hybridized carbons (Fsp3) is 0.571. The molecule has 1 rings (SSSR count). The summed E-state index contributed by atoms with van der Waals surface area (Å²) in [6, 6.07) is 5.64. The van der Waals surface area contributed by atoms with Crippen LogP contribution in [0.2, 0.25) is 0 Å². The molecule has 0 radical (unpaired) electrons. The molecule has 16 heavy (non-hydrogen) atoms. The van der Waals surface area contributed by atoms with Crippen LogP contribution in [0.25, 0.3) is 0 Å². The minimum absolute atomic E-state index is 0. The largest absolute Gasteiger partial charge is 1.00 e. The summed E-state index contributed by atoms with van der Waals surface area (Å²) in [5.74, 6) is 0.118. The van der Waals surface area contributed by atoms with E-state index in [-0.39, 0.29) is 35.4 Å². The van der Waals surface area contributed by atoms with Gasteiger partial charge < -0.3 is 5.11 Å². The molecular formula is C14H21LiO. The van der Waals surface area contributed by atoms with Gasteiger partial charge in [0.1, 0.15) is 0 Å². The molecule has 0 aliphatic carbocycles. The second-order valence-corrected chi connectivity index (χ2v) is 6.25. The van der Waals surface area contributed by atoms with Crippen molar-refractivity contribution in [2.24, 2.45) is 0 Å². The van der Waals surface area contributed by atoms with Gasteiger partial charge in [-0.25, -0.2) is 0 Å². The van der Waals surface area contributed by atoms with E-state index in [4.69, 9.17) is 0 Å². The van der Waals surface area contributed by atoms with Crippen LogP contribution in [0.1, 0.15) is 52.7 Å². The fourth-order valence-corrected chi connectivity index (χ4v) is 1.47. The van der Waals surface area contributed by atoms with Gasteiger partial charge in [0.25, 0.3) is 0 Å². The summed E-state index contributed by atoms with van der Waals surface area (Å²) < 4.78 is 0. The monoisotopic (exact) mass is 212 g/mol. The molecule has 84 valence electrons. The van der Waals surface area contributed by atoms with Crippen molar-refractivity contribution >= 4 is 0 Å². The van der Waals surface area contributed by atoms with Crippen molar-refractivity contribution in [1.82, 2.24) is 0 Å². The molecule has 0 amide bonds. The van der Waals surface area contributed by atoms with Crippen LogP contribution in [0.5, 0.6) is 5.75 Å². The molecule has 0 heterocycles. The maximum absolute atomic E-state index is 11.6. The van der Waals surface area contributed by atoms with E-state index < -0.39 is 0 Å². The zero-order valence-corrected chi connectivity index (χ0v) is 11.6. The van der Waals surface area contributed by atoms with Gasteiger partial charge in [0.15, 0.2) is 0 Å². The zero-order chi connectivity index (χ0) is 11.9. The van der Waals surface area contributed by atoms with Crippen LogP contribution in [-0.4, -0.2) is 0 Å². The van der Waals surface area contributed by atoms with E-state index in [0.29, 0.717) is 0 Å². The van der Waals surface area contributed by atoms with Gasteiger partial charge in [-0.3, -0.25) is 0 Å². The summed E-state index contributed by atoms with van der Waals surface area (Å²) in [4.78, 5) is 0. The minimum Gasteiger partial charge on any atom is -0.872 e. The van der Waals surface area contributed by atoms with Gasteiger partial charge in [0.2, 0.25) is 0 Å². The Bertz CT molecular complexity index is 324. The Morgan fingerprint density at radius 2 is 1.06 bits per heavy atom. The summed E-state index contributed by atoms with van der Waals surface area (Å²) in [5, 5.41) is 11.6. The number of benzene rings is 1. The molecule has 0 atom stereocenters. The molecule has 0 saturated carbocycles. The van der Waals surface area contributed by atoms with Crippen molar-refractivity contribution in [3.8, 4) is 5.75 Å². The first-order valence-electron chi connectivity index (χ1n) is 5.44. The predicted molar refractivity (Wildman–Crippen MR) is 63.3 cm³/mol. The van der Waals surface area contributed by atoms with Crippen molar-refractivity contribution in [3.63, 3.8) is 0 Å². The van der Waals surface area contributed by atoms with Gasteiger partial charge in [-0.05, 0) is 22.0 Å². The molecule has 1 aromatic carbocycles. The zero-order valence-electron chi connectivity index (χ0n) is 11.6. The molecule has 0 spiro atoms. The molecule has 0 aromatic heterocycles. The van der Waals surface area contributed by atoms with Crippen LogP contribution < -0.4 is 24.0 Å². The maximum atomic E-state index is 11.6. The Kier molecular flexibility index (Phi) is 4.74. The Morgan fingerprint density at radius 1 is 0.750 bits per heavy atom.